The molecule has 0 aliphatic carbocycles. The summed E-state index contributed by atoms with van der Waals surface area (Å²) in [6.45, 7) is 3.51. The Morgan fingerprint density at radius 1 is 1.10 bits per heavy atom. The Labute approximate surface area is 131 Å². The number of nitrogens with zero attached hydrogens (tertiary/aromatic N) is 2. The summed E-state index contributed by atoms with van der Waals surface area (Å²) in [4.78, 5) is 6.66. The zero-order valence-electron chi connectivity index (χ0n) is 12.2. The largest absolute Gasteiger partial charge is 0.302 e. The summed E-state index contributed by atoms with van der Waals surface area (Å²) in [5.41, 5.74) is 2.80. The number of benzene rings is 1. The smallest absolute Gasteiger partial charge is 0.0406 e. The van der Waals surface area contributed by atoms with E-state index in [9.17, 15) is 0 Å². The van der Waals surface area contributed by atoms with Crippen LogP contribution in [0.1, 0.15) is 29.9 Å². The number of hydrogen-bond acceptors (Lipinski definition) is 2. The SMILES string of the molecule is Clc1ccc(C2CCCN(CCc3ccncc3)C2)cc1. The molecule has 0 radical (unpaired) electrons. The van der Waals surface area contributed by atoms with Crippen LogP contribution in [0.25, 0.3) is 0 Å². The van der Waals surface area contributed by atoms with Crippen LogP contribution in [-0.2, 0) is 6.42 Å². The zero-order valence-corrected chi connectivity index (χ0v) is 13.0. The van der Waals surface area contributed by atoms with Crippen LogP contribution in [-0.4, -0.2) is 29.5 Å². The van der Waals surface area contributed by atoms with E-state index >= 15 is 0 Å². The highest BCUT2D eigenvalue weighted by Crippen LogP contribution is 2.27. The third-order valence-electron chi connectivity index (χ3n) is 4.31. The maximum atomic E-state index is 5.98. The van der Waals surface area contributed by atoms with Crippen molar-refractivity contribution in [1.29, 1.82) is 0 Å². The fourth-order valence-corrected chi connectivity index (χ4v) is 3.23. The zero-order chi connectivity index (χ0) is 14.5. The van der Waals surface area contributed by atoms with Crippen molar-refractivity contribution in [2.75, 3.05) is 19.6 Å². The highest BCUT2D eigenvalue weighted by Gasteiger charge is 2.20. The molecule has 3 heteroatoms. The van der Waals surface area contributed by atoms with E-state index in [2.05, 4.69) is 34.1 Å². The molecule has 0 N–H and O–H groups in total. The topological polar surface area (TPSA) is 16.1 Å². The van der Waals surface area contributed by atoms with Gasteiger partial charge in [-0.05, 0) is 67.1 Å². The van der Waals surface area contributed by atoms with Gasteiger partial charge in [-0.15, -0.1) is 0 Å². The molecule has 1 atom stereocenters. The molecule has 1 aromatic heterocycles. The first-order chi connectivity index (χ1) is 10.3. The van der Waals surface area contributed by atoms with Gasteiger partial charge < -0.3 is 4.90 Å². The second-order valence-corrected chi connectivity index (χ2v) is 6.23. The highest BCUT2D eigenvalue weighted by atomic mass is 35.5. The summed E-state index contributed by atoms with van der Waals surface area (Å²) < 4.78 is 0. The Kier molecular flexibility index (Phi) is 4.89. The second kappa shape index (κ2) is 7.06. The molecule has 1 fully saturated rings. The average molecular weight is 301 g/mol. The molecule has 2 heterocycles. The van der Waals surface area contributed by atoms with E-state index in [1.807, 2.05) is 24.5 Å². The maximum Gasteiger partial charge on any atom is 0.0406 e. The Hall–Kier alpha value is -1.38. The molecule has 110 valence electrons. The van der Waals surface area contributed by atoms with Crippen molar-refractivity contribution in [2.45, 2.75) is 25.2 Å². The number of piperidine rings is 1. The minimum absolute atomic E-state index is 0.647. The molecular weight excluding hydrogens is 280 g/mol. The number of halogens is 1. The molecule has 1 saturated heterocycles. The lowest BCUT2D eigenvalue weighted by molar-refractivity contribution is 0.210. The van der Waals surface area contributed by atoms with Gasteiger partial charge in [0.15, 0.2) is 0 Å². The van der Waals surface area contributed by atoms with Crippen molar-refractivity contribution in [3.8, 4) is 0 Å². The van der Waals surface area contributed by atoms with Crippen molar-refractivity contribution in [1.82, 2.24) is 9.88 Å². The van der Waals surface area contributed by atoms with Crippen molar-refractivity contribution >= 4 is 11.6 Å². The Morgan fingerprint density at radius 3 is 2.62 bits per heavy atom. The van der Waals surface area contributed by atoms with E-state index in [0.29, 0.717) is 5.92 Å². The van der Waals surface area contributed by atoms with E-state index in [-0.39, 0.29) is 0 Å². The molecule has 1 aliphatic rings. The normalized spacial score (nSPS) is 19.6. The van der Waals surface area contributed by atoms with Gasteiger partial charge in [-0.2, -0.15) is 0 Å². The summed E-state index contributed by atoms with van der Waals surface area (Å²) in [6.07, 6.45) is 7.43. The van der Waals surface area contributed by atoms with Crippen LogP contribution < -0.4 is 0 Å². The molecule has 1 aromatic carbocycles. The second-order valence-electron chi connectivity index (χ2n) is 5.80. The quantitative estimate of drug-likeness (QED) is 0.843. The molecule has 0 spiro atoms. The van der Waals surface area contributed by atoms with Crippen molar-refractivity contribution in [3.63, 3.8) is 0 Å². The predicted octanol–water partition coefficient (Wildman–Crippen LogP) is 4.16. The Bertz CT molecular complexity index is 553. The Morgan fingerprint density at radius 2 is 1.86 bits per heavy atom. The first kappa shape index (κ1) is 14.6. The maximum absolute atomic E-state index is 5.98. The number of hydrogen-bond donors (Lipinski definition) is 0. The van der Waals surface area contributed by atoms with Gasteiger partial charge in [-0.25, -0.2) is 0 Å². The number of likely N-dealkylation sites (tertiary alicyclic amines) is 1. The fraction of sp³-hybridized carbons (Fsp3) is 0.389. The monoisotopic (exact) mass is 300 g/mol. The van der Waals surface area contributed by atoms with Gasteiger partial charge in [0.05, 0.1) is 0 Å². The first-order valence-electron chi connectivity index (χ1n) is 7.68. The van der Waals surface area contributed by atoms with Crippen LogP contribution in [0.15, 0.2) is 48.8 Å². The Balaban J connectivity index is 1.57. The van der Waals surface area contributed by atoms with E-state index in [4.69, 9.17) is 11.6 Å². The summed E-state index contributed by atoms with van der Waals surface area (Å²) >= 11 is 5.98. The summed E-state index contributed by atoms with van der Waals surface area (Å²) in [5, 5.41) is 0.823. The van der Waals surface area contributed by atoms with Crippen molar-refractivity contribution < 1.29 is 0 Å². The lowest BCUT2D eigenvalue weighted by Gasteiger charge is -2.33. The average Bonchev–Trinajstić information content (AvgIpc) is 2.55. The summed E-state index contributed by atoms with van der Waals surface area (Å²) in [5.74, 6) is 0.647. The molecule has 2 nitrogen and oxygen atoms in total. The minimum atomic E-state index is 0.647. The van der Waals surface area contributed by atoms with Crippen LogP contribution in [0.4, 0.5) is 0 Å². The van der Waals surface area contributed by atoms with Crippen LogP contribution >= 0.6 is 11.6 Å². The van der Waals surface area contributed by atoms with Crippen molar-refractivity contribution in [2.24, 2.45) is 0 Å². The fourth-order valence-electron chi connectivity index (χ4n) is 3.10. The molecule has 3 rings (SSSR count). The summed E-state index contributed by atoms with van der Waals surface area (Å²) in [7, 11) is 0. The third-order valence-corrected chi connectivity index (χ3v) is 4.56. The molecule has 1 aliphatic heterocycles. The lowest BCUT2D eigenvalue weighted by Crippen LogP contribution is -2.35. The third kappa shape index (κ3) is 4.05. The standard InChI is InChI=1S/C18H21ClN2/c19-18-5-3-16(4-6-18)17-2-1-12-21(14-17)13-9-15-7-10-20-11-8-15/h3-8,10-11,17H,1-2,9,12-14H2. The molecule has 1 unspecified atom stereocenters. The number of rotatable bonds is 4. The van der Waals surface area contributed by atoms with E-state index in [1.165, 1.54) is 30.5 Å². The van der Waals surface area contributed by atoms with Crippen molar-refractivity contribution in [3.05, 3.63) is 64.9 Å². The van der Waals surface area contributed by atoms with E-state index in [1.54, 1.807) is 0 Å². The highest BCUT2D eigenvalue weighted by molar-refractivity contribution is 6.30. The van der Waals surface area contributed by atoms with Gasteiger partial charge in [-0.3, -0.25) is 4.98 Å². The molecule has 2 aromatic rings. The molecular formula is C18H21ClN2. The van der Waals surface area contributed by atoms with Gasteiger partial charge in [0.1, 0.15) is 0 Å². The van der Waals surface area contributed by atoms with Crippen LogP contribution in [0, 0.1) is 0 Å². The molecule has 0 amide bonds. The summed E-state index contributed by atoms with van der Waals surface area (Å²) in [6, 6.07) is 12.6. The number of aromatic nitrogens is 1. The van der Waals surface area contributed by atoms with Gasteiger partial charge in [-0.1, -0.05) is 23.7 Å². The number of pyridine rings is 1. The first-order valence-corrected chi connectivity index (χ1v) is 8.06. The minimum Gasteiger partial charge on any atom is -0.302 e. The van der Waals surface area contributed by atoms with E-state index < -0.39 is 0 Å². The van der Waals surface area contributed by atoms with E-state index in [0.717, 1.165) is 24.5 Å². The van der Waals surface area contributed by atoms with Crippen LogP contribution in [0.2, 0.25) is 5.02 Å². The van der Waals surface area contributed by atoms with Gasteiger partial charge in [0, 0.05) is 30.5 Å². The molecule has 0 saturated carbocycles. The predicted molar refractivity (Wildman–Crippen MR) is 87.8 cm³/mol. The van der Waals surface area contributed by atoms with Crippen LogP contribution in [0.3, 0.4) is 0 Å². The molecule has 0 bridgehead atoms. The lowest BCUT2D eigenvalue weighted by atomic mass is 9.90. The van der Waals surface area contributed by atoms with Crippen LogP contribution in [0.5, 0.6) is 0 Å². The van der Waals surface area contributed by atoms with Gasteiger partial charge >= 0.3 is 0 Å². The van der Waals surface area contributed by atoms with Gasteiger partial charge in [0.25, 0.3) is 0 Å². The van der Waals surface area contributed by atoms with Gasteiger partial charge in [0.2, 0.25) is 0 Å². The molecule has 21 heavy (non-hydrogen) atoms.